The molecule has 1 aliphatic carbocycles. The third-order valence-electron chi connectivity index (χ3n) is 4.96. The molecule has 0 amide bonds. The van der Waals surface area contributed by atoms with Crippen LogP contribution in [0.15, 0.2) is 52.5 Å². The average molecular weight is 364 g/mol. The Kier molecular flexibility index (Phi) is 4.07. The maximum absolute atomic E-state index is 9.62. The summed E-state index contributed by atoms with van der Waals surface area (Å²) in [5.41, 5.74) is 11.3. The number of allylic oxidation sites excluding steroid dienone is 3. The van der Waals surface area contributed by atoms with Crippen LogP contribution in [-0.4, -0.2) is 4.98 Å². The molecule has 0 saturated heterocycles. The predicted octanol–water partition coefficient (Wildman–Crippen LogP) is 4.96. The molecular weight excluding hydrogens is 348 g/mol. The summed E-state index contributed by atoms with van der Waals surface area (Å²) in [6, 6.07) is 18.0. The van der Waals surface area contributed by atoms with Gasteiger partial charge in [0.25, 0.3) is 0 Å². The number of hydrogen-bond donors (Lipinski definition) is 1. The predicted molar refractivity (Wildman–Crippen MR) is 108 cm³/mol. The summed E-state index contributed by atoms with van der Waals surface area (Å²) >= 11 is 0. The van der Waals surface area contributed by atoms with Crippen LogP contribution >= 0.6 is 0 Å². The monoisotopic (exact) mass is 364 g/mol. The summed E-state index contributed by atoms with van der Waals surface area (Å²) in [5, 5.41) is 19.1. The maximum atomic E-state index is 9.62. The van der Waals surface area contributed by atoms with E-state index < -0.39 is 0 Å². The van der Waals surface area contributed by atoms with Crippen LogP contribution in [0.25, 0.3) is 28.5 Å². The second-order valence-electron chi connectivity index (χ2n) is 6.57. The first-order valence-corrected chi connectivity index (χ1v) is 8.74. The van der Waals surface area contributed by atoms with Gasteiger partial charge in [-0.3, -0.25) is 0 Å². The summed E-state index contributed by atoms with van der Waals surface area (Å²) < 4.78 is 5.99. The molecule has 28 heavy (non-hydrogen) atoms. The fourth-order valence-electron chi connectivity index (χ4n) is 3.53. The molecule has 2 heterocycles. The van der Waals surface area contributed by atoms with Gasteiger partial charge >= 0.3 is 0 Å². The molecule has 1 aromatic carbocycles. The number of hydrogen-bond acceptors (Lipinski definition) is 5. The number of nitrogens with zero attached hydrogens (tertiary/aromatic N) is 3. The topological polar surface area (TPSA) is 99.6 Å². The lowest BCUT2D eigenvalue weighted by Crippen LogP contribution is -2.03. The largest absolute Gasteiger partial charge is 0.457 e. The molecule has 0 atom stereocenters. The van der Waals surface area contributed by atoms with Crippen molar-refractivity contribution < 1.29 is 4.42 Å². The number of nitriles is 2. The summed E-state index contributed by atoms with van der Waals surface area (Å²) in [7, 11) is 0. The highest BCUT2D eigenvalue weighted by Gasteiger charge is 2.29. The van der Waals surface area contributed by atoms with E-state index in [1.54, 1.807) is 0 Å². The second kappa shape index (κ2) is 6.57. The van der Waals surface area contributed by atoms with Crippen molar-refractivity contribution in [3.05, 3.63) is 76.2 Å². The van der Waals surface area contributed by atoms with Crippen molar-refractivity contribution in [2.75, 3.05) is 5.73 Å². The molecule has 0 radical (unpaired) electrons. The van der Waals surface area contributed by atoms with Gasteiger partial charge < -0.3 is 10.2 Å². The van der Waals surface area contributed by atoms with Crippen LogP contribution in [0, 0.1) is 29.6 Å². The number of nitrogen functional groups attached to an aromatic ring is 1. The van der Waals surface area contributed by atoms with Crippen LogP contribution in [0.5, 0.6) is 0 Å². The van der Waals surface area contributed by atoms with Gasteiger partial charge in [-0.2, -0.15) is 10.5 Å². The lowest BCUT2D eigenvalue weighted by atomic mass is 9.96. The molecule has 3 aromatic rings. The molecule has 0 unspecified atom stereocenters. The zero-order valence-corrected chi connectivity index (χ0v) is 15.4. The first kappa shape index (κ1) is 17.3. The van der Waals surface area contributed by atoms with E-state index in [0.29, 0.717) is 22.6 Å². The van der Waals surface area contributed by atoms with Crippen molar-refractivity contribution in [1.82, 2.24) is 4.98 Å². The molecule has 2 N–H and O–H groups in total. The van der Waals surface area contributed by atoms with Gasteiger partial charge in [-0.15, -0.1) is 0 Å². The highest BCUT2D eigenvalue weighted by molar-refractivity contribution is 6.08. The molecule has 0 saturated carbocycles. The Bertz CT molecular complexity index is 1250. The van der Waals surface area contributed by atoms with Crippen molar-refractivity contribution in [3.63, 3.8) is 0 Å². The number of rotatable bonds is 2. The Morgan fingerprint density at radius 1 is 1.04 bits per heavy atom. The van der Waals surface area contributed by atoms with Crippen molar-refractivity contribution in [2.45, 2.75) is 13.8 Å². The second-order valence-corrected chi connectivity index (χ2v) is 6.57. The van der Waals surface area contributed by atoms with Gasteiger partial charge in [0.2, 0.25) is 0 Å². The summed E-state index contributed by atoms with van der Waals surface area (Å²) in [6.45, 7) is 3.70. The molecule has 5 heteroatoms. The molecule has 0 bridgehead atoms. The smallest absolute Gasteiger partial charge is 0.142 e. The Balaban J connectivity index is 1.88. The highest BCUT2D eigenvalue weighted by Crippen LogP contribution is 2.44. The van der Waals surface area contributed by atoms with Crippen molar-refractivity contribution in [3.8, 4) is 23.5 Å². The summed E-state index contributed by atoms with van der Waals surface area (Å²) in [6.07, 6.45) is 1.89. The van der Waals surface area contributed by atoms with Crippen LogP contribution in [-0.2, 0) is 0 Å². The number of aromatic nitrogens is 1. The van der Waals surface area contributed by atoms with Crippen LogP contribution in [0.1, 0.15) is 35.1 Å². The number of anilines is 1. The normalized spacial score (nSPS) is 14.1. The minimum absolute atomic E-state index is 0.143. The fourth-order valence-corrected chi connectivity index (χ4v) is 3.53. The minimum Gasteiger partial charge on any atom is -0.457 e. The van der Waals surface area contributed by atoms with Crippen LogP contribution < -0.4 is 5.73 Å². The fraction of sp³-hybridized carbons (Fsp3) is 0.0870. The van der Waals surface area contributed by atoms with Gasteiger partial charge in [0, 0.05) is 11.1 Å². The third kappa shape index (κ3) is 2.58. The Hall–Kier alpha value is -4.09. The van der Waals surface area contributed by atoms with Gasteiger partial charge in [-0.05, 0) is 48.8 Å². The molecule has 0 fully saturated rings. The van der Waals surface area contributed by atoms with E-state index in [1.807, 2.05) is 62.4 Å². The third-order valence-corrected chi connectivity index (χ3v) is 4.96. The van der Waals surface area contributed by atoms with Crippen LogP contribution in [0.4, 0.5) is 5.82 Å². The minimum atomic E-state index is 0.143. The molecule has 0 spiro atoms. The lowest BCUT2D eigenvalue weighted by molar-refractivity contribution is 0.572. The quantitative estimate of drug-likeness (QED) is 0.693. The first-order chi connectivity index (χ1) is 13.5. The van der Waals surface area contributed by atoms with E-state index in [-0.39, 0.29) is 5.82 Å². The molecule has 0 aliphatic heterocycles. The zero-order valence-electron chi connectivity index (χ0n) is 15.4. The van der Waals surface area contributed by atoms with Crippen LogP contribution in [0.2, 0.25) is 0 Å². The lowest BCUT2D eigenvalue weighted by Gasteiger charge is -2.10. The van der Waals surface area contributed by atoms with Gasteiger partial charge in [-0.25, -0.2) is 4.98 Å². The number of fused-ring (bicyclic) bond motifs is 1. The van der Waals surface area contributed by atoms with Crippen molar-refractivity contribution >= 4 is 23.0 Å². The van der Waals surface area contributed by atoms with Crippen molar-refractivity contribution in [1.29, 1.82) is 10.5 Å². The number of furan rings is 1. The Morgan fingerprint density at radius 2 is 1.79 bits per heavy atom. The number of benzene rings is 1. The van der Waals surface area contributed by atoms with E-state index in [4.69, 9.17) is 10.2 Å². The van der Waals surface area contributed by atoms with E-state index in [1.165, 1.54) is 0 Å². The SMILES string of the molecule is CC1=C(C#N)c2nc(N)c(C#N)c(C)c2/C1=C\c1ccc(-c2ccccc2)o1. The highest BCUT2D eigenvalue weighted by atomic mass is 16.3. The van der Waals surface area contributed by atoms with Gasteiger partial charge in [-0.1, -0.05) is 30.3 Å². The van der Waals surface area contributed by atoms with Gasteiger partial charge in [0.1, 0.15) is 29.5 Å². The van der Waals surface area contributed by atoms with Crippen LogP contribution in [0.3, 0.4) is 0 Å². The maximum Gasteiger partial charge on any atom is 0.142 e. The zero-order chi connectivity index (χ0) is 19.8. The molecule has 134 valence electrons. The molecule has 1 aliphatic rings. The Morgan fingerprint density at radius 3 is 2.46 bits per heavy atom. The molecule has 4 rings (SSSR count). The molecular formula is C23H16N4O. The first-order valence-electron chi connectivity index (χ1n) is 8.74. The van der Waals surface area contributed by atoms with E-state index in [2.05, 4.69) is 17.1 Å². The van der Waals surface area contributed by atoms with E-state index in [0.717, 1.165) is 33.6 Å². The standard InChI is InChI=1S/C23H16N4O/c1-13-17(10-16-8-9-20(28-16)15-6-4-3-5-7-15)21-14(2)19(12-25)23(26)27-22(21)18(13)11-24/h3-10H,1-2H3,(H2,26,27)/b17-10-. The summed E-state index contributed by atoms with van der Waals surface area (Å²) in [4.78, 5) is 4.34. The molecule has 2 aromatic heterocycles. The van der Waals surface area contributed by atoms with Crippen molar-refractivity contribution in [2.24, 2.45) is 0 Å². The van der Waals surface area contributed by atoms with Gasteiger partial charge in [0.15, 0.2) is 0 Å². The number of nitrogens with two attached hydrogens (primary N) is 1. The van der Waals surface area contributed by atoms with E-state index in [9.17, 15) is 10.5 Å². The Labute approximate surface area is 162 Å². The average Bonchev–Trinajstić information content (AvgIpc) is 3.26. The summed E-state index contributed by atoms with van der Waals surface area (Å²) in [5.74, 6) is 1.57. The van der Waals surface area contributed by atoms with E-state index >= 15 is 0 Å². The molecule has 5 nitrogen and oxygen atoms in total. The van der Waals surface area contributed by atoms with Gasteiger partial charge in [0.05, 0.1) is 16.8 Å². The number of pyridine rings is 1.